The number of hydrogen-bond acceptors (Lipinski definition) is 9. The Bertz CT molecular complexity index is 1540. The molecule has 3 aromatic rings. The molecule has 1 aromatic carbocycles. The fourth-order valence-electron chi connectivity index (χ4n) is 5.26. The van der Waals surface area contributed by atoms with Crippen LogP contribution in [0.3, 0.4) is 0 Å². The van der Waals surface area contributed by atoms with Crippen LogP contribution in [0.25, 0.3) is 0 Å². The highest BCUT2D eigenvalue weighted by atomic mass is 35.5. The highest BCUT2D eigenvalue weighted by Crippen LogP contribution is 2.48. The molecule has 2 aromatic heterocycles. The summed E-state index contributed by atoms with van der Waals surface area (Å²) in [7, 11) is 8.66. The van der Waals surface area contributed by atoms with Gasteiger partial charge in [-0.05, 0) is 26.9 Å². The number of benzene rings is 1. The molecule has 234 valence electrons. The maximum Gasteiger partial charge on any atom is 0.330 e. The van der Waals surface area contributed by atoms with E-state index in [4.69, 9.17) is 37.7 Å². The van der Waals surface area contributed by atoms with E-state index in [1.165, 1.54) is 19.1 Å². The van der Waals surface area contributed by atoms with Crippen LogP contribution in [-0.4, -0.2) is 95.5 Å². The van der Waals surface area contributed by atoms with Crippen molar-refractivity contribution in [2.24, 2.45) is 7.05 Å². The number of nitrogens with one attached hydrogen (secondary N) is 1. The van der Waals surface area contributed by atoms with Crippen molar-refractivity contribution in [3.8, 4) is 11.5 Å². The number of rotatable bonds is 9. The SMILES string of the molecule is COc1cc(OC)c(Cl)c(N2Cc3cnc(Nc4ccn(C)n4)nc3N(C3CCN(C(=O)C=CCN(C)C)CC3)C2=O)c1Cl. The van der Waals surface area contributed by atoms with Crippen LogP contribution in [0.5, 0.6) is 11.5 Å². The first-order valence-electron chi connectivity index (χ1n) is 14.0. The summed E-state index contributed by atoms with van der Waals surface area (Å²) in [6.45, 7) is 1.74. The minimum atomic E-state index is -0.366. The zero-order valence-corrected chi connectivity index (χ0v) is 26.8. The largest absolute Gasteiger partial charge is 0.495 e. The number of hydrogen-bond donors (Lipinski definition) is 1. The summed E-state index contributed by atoms with van der Waals surface area (Å²) in [6.07, 6.45) is 8.01. The van der Waals surface area contributed by atoms with Crippen molar-refractivity contribution in [3.63, 3.8) is 0 Å². The molecule has 13 nitrogen and oxygen atoms in total. The Morgan fingerprint density at radius 2 is 1.84 bits per heavy atom. The van der Waals surface area contributed by atoms with Crippen LogP contribution in [0, 0.1) is 0 Å². The Morgan fingerprint density at radius 1 is 1.16 bits per heavy atom. The van der Waals surface area contributed by atoms with E-state index >= 15 is 0 Å². The molecular formula is C29H35Cl2N9O4. The quantitative estimate of drug-likeness (QED) is 0.340. The number of carbonyl (C=O) groups excluding carboxylic acids is 2. The number of likely N-dealkylation sites (N-methyl/N-ethyl adjacent to an activating group) is 1. The number of aryl methyl sites for hydroxylation is 1. The van der Waals surface area contributed by atoms with Gasteiger partial charge in [-0.1, -0.05) is 29.3 Å². The molecule has 0 unspecified atom stereocenters. The number of aromatic nitrogens is 4. The number of anilines is 4. The highest BCUT2D eigenvalue weighted by molar-refractivity contribution is 6.42. The van der Waals surface area contributed by atoms with E-state index in [0.29, 0.717) is 67.1 Å². The van der Waals surface area contributed by atoms with Crippen LogP contribution < -0.4 is 24.6 Å². The number of urea groups is 1. The third kappa shape index (κ3) is 6.40. The minimum absolute atomic E-state index is 0.0523. The van der Waals surface area contributed by atoms with Gasteiger partial charge in [0.1, 0.15) is 27.4 Å². The van der Waals surface area contributed by atoms with Gasteiger partial charge in [-0.25, -0.2) is 9.78 Å². The molecule has 1 saturated heterocycles. The van der Waals surface area contributed by atoms with Crippen LogP contribution in [0.1, 0.15) is 18.4 Å². The topological polar surface area (TPSA) is 121 Å². The van der Waals surface area contributed by atoms with Gasteiger partial charge in [0.05, 0.1) is 26.5 Å². The number of amides is 3. The molecule has 1 fully saturated rings. The molecule has 0 bridgehead atoms. The lowest BCUT2D eigenvalue weighted by Crippen LogP contribution is -2.55. The van der Waals surface area contributed by atoms with Crippen LogP contribution in [0.2, 0.25) is 10.0 Å². The molecule has 15 heteroatoms. The van der Waals surface area contributed by atoms with Gasteiger partial charge in [0, 0.05) is 68.9 Å². The Morgan fingerprint density at radius 3 is 2.43 bits per heavy atom. The Kier molecular flexibility index (Phi) is 9.47. The molecule has 2 aliphatic heterocycles. The molecule has 0 radical (unpaired) electrons. The normalized spacial score (nSPS) is 15.7. The van der Waals surface area contributed by atoms with Crippen LogP contribution >= 0.6 is 23.2 Å². The van der Waals surface area contributed by atoms with Crippen LogP contribution in [0.4, 0.5) is 28.1 Å². The fraction of sp³-hybridized carbons (Fsp3) is 0.414. The number of piperidine rings is 1. The third-order valence-corrected chi connectivity index (χ3v) is 8.21. The standard InChI is InChI=1S/C29H35Cl2N9O4/c1-36(2)11-6-7-23(41)38-13-8-19(9-14-38)40-27-18(16-32-28(34-27)33-22-10-12-37(3)35-22)17-39(29(40)42)26-24(30)20(43-4)15-21(44-5)25(26)31/h6-7,10,12,15-16,19H,8-9,11,13-14,17H2,1-5H3,(H,32,33,34,35). The second-order valence-corrected chi connectivity index (χ2v) is 11.5. The van der Waals surface area contributed by atoms with Gasteiger partial charge >= 0.3 is 6.03 Å². The van der Waals surface area contributed by atoms with Gasteiger partial charge < -0.3 is 24.6 Å². The molecule has 0 spiro atoms. The second kappa shape index (κ2) is 13.3. The molecule has 0 saturated carbocycles. The minimum Gasteiger partial charge on any atom is -0.495 e. The van der Waals surface area contributed by atoms with Gasteiger partial charge in [-0.2, -0.15) is 10.1 Å². The van der Waals surface area contributed by atoms with E-state index in [2.05, 4.69) is 15.4 Å². The molecule has 0 aliphatic carbocycles. The molecule has 1 N–H and O–H groups in total. The number of nitrogens with zero attached hydrogens (tertiary/aromatic N) is 8. The monoisotopic (exact) mass is 643 g/mol. The Hall–Kier alpha value is -4.07. The molecule has 44 heavy (non-hydrogen) atoms. The van der Waals surface area contributed by atoms with E-state index < -0.39 is 0 Å². The Labute approximate surface area is 265 Å². The van der Waals surface area contributed by atoms with Crippen molar-refractivity contribution in [1.82, 2.24) is 29.5 Å². The van der Waals surface area contributed by atoms with E-state index in [-0.39, 0.29) is 40.3 Å². The number of carbonyl (C=O) groups is 2. The average molecular weight is 645 g/mol. The van der Waals surface area contributed by atoms with Crippen molar-refractivity contribution in [3.05, 3.63) is 52.3 Å². The summed E-state index contributed by atoms with van der Waals surface area (Å²) < 4.78 is 12.6. The van der Waals surface area contributed by atoms with Crippen molar-refractivity contribution < 1.29 is 19.1 Å². The number of fused-ring (bicyclic) bond motifs is 1. The molecule has 5 rings (SSSR count). The zero-order chi connectivity index (χ0) is 31.5. The van der Waals surface area contributed by atoms with Gasteiger partial charge in [0.2, 0.25) is 11.9 Å². The lowest BCUT2D eigenvalue weighted by molar-refractivity contribution is -0.127. The zero-order valence-electron chi connectivity index (χ0n) is 25.3. The summed E-state index contributed by atoms with van der Waals surface area (Å²) in [4.78, 5) is 43.5. The van der Waals surface area contributed by atoms with Gasteiger partial charge in [-0.15, -0.1) is 0 Å². The summed E-state index contributed by atoms with van der Waals surface area (Å²) in [5.74, 6) is 1.91. The summed E-state index contributed by atoms with van der Waals surface area (Å²) >= 11 is 13.5. The Balaban J connectivity index is 1.50. The first-order chi connectivity index (χ1) is 21.1. The van der Waals surface area contributed by atoms with Crippen molar-refractivity contribution >= 4 is 58.4 Å². The summed E-state index contributed by atoms with van der Waals surface area (Å²) in [5, 5.41) is 7.80. The van der Waals surface area contributed by atoms with E-state index in [1.54, 1.807) is 45.1 Å². The van der Waals surface area contributed by atoms with Crippen molar-refractivity contribution in [2.45, 2.75) is 25.4 Å². The number of halogens is 2. The average Bonchev–Trinajstić information content (AvgIpc) is 3.41. The maximum absolute atomic E-state index is 14.4. The van der Waals surface area contributed by atoms with E-state index in [9.17, 15) is 9.59 Å². The van der Waals surface area contributed by atoms with E-state index in [1.807, 2.05) is 32.1 Å². The van der Waals surface area contributed by atoms with Crippen LogP contribution in [0.15, 0.2) is 36.7 Å². The van der Waals surface area contributed by atoms with Crippen LogP contribution in [-0.2, 0) is 18.4 Å². The number of ether oxygens (including phenoxy) is 2. The molecular weight excluding hydrogens is 609 g/mol. The number of methoxy groups -OCH3 is 2. The van der Waals surface area contributed by atoms with Gasteiger partial charge in [0.15, 0.2) is 5.82 Å². The lowest BCUT2D eigenvalue weighted by atomic mass is 10.0. The predicted octanol–water partition coefficient (Wildman–Crippen LogP) is 4.33. The van der Waals surface area contributed by atoms with Crippen molar-refractivity contribution in [2.75, 3.05) is 63.1 Å². The van der Waals surface area contributed by atoms with Gasteiger partial charge in [-0.3, -0.25) is 19.3 Å². The molecule has 3 amide bonds. The predicted molar refractivity (Wildman–Crippen MR) is 169 cm³/mol. The fourth-order valence-corrected chi connectivity index (χ4v) is 5.97. The molecule has 0 atom stereocenters. The van der Waals surface area contributed by atoms with E-state index in [0.717, 1.165) is 0 Å². The highest BCUT2D eigenvalue weighted by Gasteiger charge is 2.41. The van der Waals surface area contributed by atoms with Gasteiger partial charge in [0.25, 0.3) is 0 Å². The lowest BCUT2D eigenvalue weighted by Gasteiger charge is -2.43. The first-order valence-corrected chi connectivity index (χ1v) is 14.8. The maximum atomic E-state index is 14.4. The van der Waals surface area contributed by atoms with Crippen molar-refractivity contribution in [1.29, 1.82) is 0 Å². The molecule has 4 heterocycles. The number of likely N-dealkylation sites (tertiary alicyclic amines) is 1. The summed E-state index contributed by atoms with van der Waals surface area (Å²) in [6, 6.07) is 2.75. The second-order valence-electron chi connectivity index (χ2n) is 10.8. The third-order valence-electron chi connectivity index (χ3n) is 7.48. The molecule has 2 aliphatic rings. The summed E-state index contributed by atoms with van der Waals surface area (Å²) in [5.41, 5.74) is 0.953. The smallest absolute Gasteiger partial charge is 0.330 e. The first kappa shape index (κ1) is 31.4.